The van der Waals surface area contributed by atoms with Gasteiger partial charge < -0.3 is 10.6 Å². The van der Waals surface area contributed by atoms with Crippen LogP contribution in [-0.2, 0) is 6.42 Å². The molecule has 2 aromatic carbocycles. The zero-order valence-electron chi connectivity index (χ0n) is 12.0. The second-order valence-corrected chi connectivity index (χ2v) is 5.30. The highest BCUT2D eigenvalue weighted by Gasteiger charge is 2.00. The minimum atomic E-state index is -0.289. The normalized spacial score (nSPS) is 10.2. The van der Waals surface area contributed by atoms with Crippen LogP contribution in [0.4, 0.5) is 15.8 Å². The fourth-order valence-corrected chi connectivity index (χ4v) is 2.23. The molecule has 0 radical (unpaired) electrons. The Labute approximate surface area is 130 Å². The number of hydrogen-bond donors (Lipinski definition) is 2. The van der Waals surface area contributed by atoms with E-state index in [9.17, 15) is 4.39 Å². The van der Waals surface area contributed by atoms with Crippen LogP contribution in [0.15, 0.2) is 48.5 Å². The van der Waals surface area contributed by atoms with Crippen molar-refractivity contribution in [3.63, 3.8) is 0 Å². The number of anilines is 2. The first kappa shape index (κ1) is 15.4. The summed E-state index contributed by atoms with van der Waals surface area (Å²) in [5.41, 5.74) is 2.88. The summed E-state index contributed by atoms with van der Waals surface area (Å²) in [6.07, 6.45) is 3.50. The van der Waals surface area contributed by atoms with Crippen LogP contribution in [0.3, 0.4) is 0 Å². The van der Waals surface area contributed by atoms with Crippen LogP contribution < -0.4 is 10.6 Å². The average molecular weight is 302 g/mol. The van der Waals surface area contributed by atoms with Gasteiger partial charge in [0.25, 0.3) is 0 Å². The van der Waals surface area contributed by atoms with E-state index in [0.29, 0.717) is 10.8 Å². The summed E-state index contributed by atoms with van der Waals surface area (Å²) >= 11 is 5.22. The van der Waals surface area contributed by atoms with Crippen molar-refractivity contribution >= 4 is 28.7 Å². The van der Waals surface area contributed by atoms with E-state index in [1.165, 1.54) is 30.5 Å². The molecule has 0 saturated carbocycles. The summed E-state index contributed by atoms with van der Waals surface area (Å²) < 4.78 is 13.1. The van der Waals surface area contributed by atoms with Crippen LogP contribution >= 0.6 is 12.2 Å². The van der Waals surface area contributed by atoms with Gasteiger partial charge in [0.15, 0.2) is 5.11 Å². The first-order chi connectivity index (χ1) is 10.2. The molecule has 0 aliphatic rings. The summed E-state index contributed by atoms with van der Waals surface area (Å²) in [4.78, 5) is 0. The maximum Gasteiger partial charge on any atom is 0.175 e. The standard InChI is InChI=1S/C17H19FN2S/c1-2-3-5-13-8-10-15(11-9-13)19-17(21)20-16-7-4-6-14(18)12-16/h4,6-12H,2-3,5H2,1H3,(H2,19,20,21). The number of halogens is 1. The predicted molar refractivity (Wildman–Crippen MR) is 91.3 cm³/mol. The Morgan fingerprint density at radius 1 is 1.05 bits per heavy atom. The topological polar surface area (TPSA) is 24.1 Å². The van der Waals surface area contributed by atoms with Gasteiger partial charge in [0.05, 0.1) is 0 Å². The Morgan fingerprint density at radius 2 is 1.76 bits per heavy atom. The van der Waals surface area contributed by atoms with E-state index in [-0.39, 0.29) is 5.82 Å². The Kier molecular flexibility index (Phi) is 5.69. The second kappa shape index (κ2) is 7.74. The van der Waals surface area contributed by atoms with E-state index in [1.807, 2.05) is 12.1 Å². The molecule has 0 spiro atoms. The number of benzene rings is 2. The number of rotatable bonds is 5. The van der Waals surface area contributed by atoms with Gasteiger partial charge in [-0.3, -0.25) is 0 Å². The summed E-state index contributed by atoms with van der Waals surface area (Å²) in [7, 11) is 0. The van der Waals surface area contributed by atoms with E-state index >= 15 is 0 Å². The Morgan fingerprint density at radius 3 is 2.43 bits per heavy atom. The van der Waals surface area contributed by atoms with Crippen molar-refractivity contribution in [2.75, 3.05) is 10.6 Å². The smallest absolute Gasteiger partial charge is 0.175 e. The van der Waals surface area contributed by atoms with Gasteiger partial charge in [-0.1, -0.05) is 31.5 Å². The van der Waals surface area contributed by atoms with Crippen LogP contribution in [-0.4, -0.2) is 5.11 Å². The van der Waals surface area contributed by atoms with E-state index in [0.717, 1.165) is 12.1 Å². The molecular formula is C17H19FN2S. The summed E-state index contributed by atoms with van der Waals surface area (Å²) in [5, 5.41) is 6.50. The van der Waals surface area contributed by atoms with Crippen LogP contribution in [0.1, 0.15) is 25.3 Å². The number of aryl methyl sites for hydroxylation is 1. The summed E-state index contributed by atoms with van der Waals surface area (Å²) in [5.74, 6) is -0.289. The monoisotopic (exact) mass is 302 g/mol. The first-order valence-corrected chi connectivity index (χ1v) is 7.50. The van der Waals surface area contributed by atoms with Crippen molar-refractivity contribution < 1.29 is 4.39 Å². The fourth-order valence-electron chi connectivity index (χ4n) is 2.00. The molecular weight excluding hydrogens is 283 g/mol. The van der Waals surface area contributed by atoms with Crippen LogP contribution in [0, 0.1) is 5.82 Å². The van der Waals surface area contributed by atoms with Crippen molar-refractivity contribution in [1.29, 1.82) is 0 Å². The van der Waals surface area contributed by atoms with Gasteiger partial charge in [-0.15, -0.1) is 0 Å². The molecule has 2 rings (SSSR count). The maximum atomic E-state index is 13.1. The van der Waals surface area contributed by atoms with Crippen molar-refractivity contribution in [3.8, 4) is 0 Å². The number of hydrogen-bond acceptors (Lipinski definition) is 1. The van der Waals surface area contributed by atoms with E-state index < -0.39 is 0 Å². The lowest BCUT2D eigenvalue weighted by Crippen LogP contribution is -2.19. The molecule has 0 saturated heterocycles. The Bertz CT molecular complexity index is 596. The summed E-state index contributed by atoms with van der Waals surface area (Å²) in [6, 6.07) is 14.4. The highest BCUT2D eigenvalue weighted by atomic mass is 32.1. The highest BCUT2D eigenvalue weighted by Crippen LogP contribution is 2.13. The molecule has 2 nitrogen and oxygen atoms in total. The Balaban J connectivity index is 1.90. The third-order valence-electron chi connectivity index (χ3n) is 3.11. The molecule has 0 bridgehead atoms. The van der Waals surface area contributed by atoms with Crippen LogP contribution in [0.2, 0.25) is 0 Å². The zero-order valence-corrected chi connectivity index (χ0v) is 12.8. The molecule has 110 valence electrons. The second-order valence-electron chi connectivity index (χ2n) is 4.89. The molecule has 0 fully saturated rings. The molecule has 0 heterocycles. The van der Waals surface area contributed by atoms with Crippen molar-refractivity contribution in [2.45, 2.75) is 26.2 Å². The molecule has 2 N–H and O–H groups in total. The lowest BCUT2D eigenvalue weighted by Gasteiger charge is -2.11. The third-order valence-corrected chi connectivity index (χ3v) is 3.32. The average Bonchev–Trinajstić information content (AvgIpc) is 2.46. The number of thiocarbonyl (C=S) groups is 1. The largest absolute Gasteiger partial charge is 0.332 e. The van der Waals surface area contributed by atoms with Gasteiger partial charge in [-0.05, 0) is 61.0 Å². The molecule has 4 heteroatoms. The van der Waals surface area contributed by atoms with Crippen molar-refractivity contribution in [3.05, 3.63) is 59.9 Å². The van der Waals surface area contributed by atoms with Gasteiger partial charge in [0, 0.05) is 11.4 Å². The van der Waals surface area contributed by atoms with Crippen molar-refractivity contribution in [1.82, 2.24) is 0 Å². The maximum absolute atomic E-state index is 13.1. The van der Waals surface area contributed by atoms with Crippen LogP contribution in [0.5, 0.6) is 0 Å². The van der Waals surface area contributed by atoms with Crippen molar-refractivity contribution in [2.24, 2.45) is 0 Å². The SMILES string of the molecule is CCCCc1ccc(NC(=S)Nc2cccc(F)c2)cc1. The molecule has 0 unspecified atom stereocenters. The molecule has 0 amide bonds. The zero-order chi connectivity index (χ0) is 15.1. The molecule has 0 aromatic heterocycles. The van der Waals surface area contributed by atoms with E-state index in [2.05, 4.69) is 29.7 Å². The van der Waals surface area contributed by atoms with Gasteiger partial charge in [-0.25, -0.2) is 4.39 Å². The quantitative estimate of drug-likeness (QED) is 0.762. The minimum Gasteiger partial charge on any atom is -0.332 e. The van der Waals surface area contributed by atoms with Gasteiger partial charge in [0.1, 0.15) is 5.82 Å². The van der Waals surface area contributed by atoms with Gasteiger partial charge in [0.2, 0.25) is 0 Å². The number of unbranched alkanes of at least 4 members (excludes halogenated alkanes) is 1. The minimum absolute atomic E-state index is 0.289. The Hall–Kier alpha value is -1.94. The van der Waals surface area contributed by atoms with E-state index in [1.54, 1.807) is 12.1 Å². The summed E-state index contributed by atoms with van der Waals surface area (Å²) in [6.45, 7) is 2.19. The van der Waals surface area contributed by atoms with E-state index in [4.69, 9.17) is 12.2 Å². The predicted octanol–water partition coefficient (Wildman–Crippen LogP) is 4.98. The molecule has 2 aromatic rings. The van der Waals surface area contributed by atoms with Gasteiger partial charge in [-0.2, -0.15) is 0 Å². The fraction of sp³-hybridized carbons (Fsp3) is 0.235. The third kappa shape index (κ3) is 5.16. The number of nitrogens with one attached hydrogen (secondary N) is 2. The molecule has 0 atom stereocenters. The van der Waals surface area contributed by atoms with Crippen LogP contribution in [0.25, 0.3) is 0 Å². The molecule has 21 heavy (non-hydrogen) atoms. The molecule has 0 aliphatic heterocycles. The molecule has 0 aliphatic carbocycles. The highest BCUT2D eigenvalue weighted by molar-refractivity contribution is 7.80. The van der Waals surface area contributed by atoms with Gasteiger partial charge >= 0.3 is 0 Å². The lowest BCUT2D eigenvalue weighted by atomic mass is 10.1. The first-order valence-electron chi connectivity index (χ1n) is 7.10. The lowest BCUT2D eigenvalue weighted by molar-refractivity contribution is 0.628.